The van der Waals surface area contributed by atoms with Crippen molar-refractivity contribution in [3.05, 3.63) is 41.0 Å². The van der Waals surface area contributed by atoms with Crippen LogP contribution in [0.4, 0.5) is 5.13 Å². The van der Waals surface area contributed by atoms with Gasteiger partial charge in [0.1, 0.15) is 0 Å². The minimum absolute atomic E-state index is 0.233. The zero-order chi connectivity index (χ0) is 18.1. The smallest absolute Gasteiger partial charge is 0.278 e. The third-order valence-corrected chi connectivity index (χ3v) is 5.59. The van der Waals surface area contributed by atoms with E-state index < -0.39 is 0 Å². The number of likely N-dealkylation sites (tertiary alicyclic amines) is 1. The van der Waals surface area contributed by atoms with Crippen LogP contribution in [0.25, 0.3) is 10.9 Å². The average molecular weight is 369 g/mol. The zero-order valence-electron chi connectivity index (χ0n) is 15.0. The van der Waals surface area contributed by atoms with Gasteiger partial charge in [-0.25, -0.2) is 4.98 Å². The summed E-state index contributed by atoms with van der Waals surface area (Å²) in [5.41, 5.74) is 2.26. The Kier molecular flexibility index (Phi) is 4.74. The van der Waals surface area contributed by atoms with Crippen LogP contribution in [0.1, 0.15) is 36.5 Å². The highest BCUT2D eigenvalue weighted by Crippen LogP contribution is 2.24. The topological polar surface area (TPSA) is 73.9 Å². The summed E-state index contributed by atoms with van der Waals surface area (Å²) in [6, 6.07) is 7.61. The summed E-state index contributed by atoms with van der Waals surface area (Å²) in [5, 5.41) is 13.4. The van der Waals surface area contributed by atoms with Gasteiger partial charge in [-0.15, -0.1) is 11.3 Å². The van der Waals surface area contributed by atoms with Crippen molar-refractivity contribution >= 4 is 33.3 Å². The summed E-state index contributed by atoms with van der Waals surface area (Å²) in [4.78, 5) is 19.6. The maximum atomic E-state index is 12.5. The summed E-state index contributed by atoms with van der Waals surface area (Å²) < 4.78 is 0. The molecule has 0 radical (unpaired) electrons. The molecule has 2 unspecified atom stereocenters. The van der Waals surface area contributed by atoms with Crippen molar-refractivity contribution in [1.82, 2.24) is 20.1 Å². The van der Waals surface area contributed by atoms with Gasteiger partial charge >= 0.3 is 0 Å². The van der Waals surface area contributed by atoms with E-state index in [0.717, 1.165) is 48.1 Å². The van der Waals surface area contributed by atoms with Crippen molar-refractivity contribution in [3.63, 3.8) is 0 Å². The predicted octanol–water partition coefficient (Wildman–Crippen LogP) is 3.75. The highest BCUT2D eigenvalue weighted by atomic mass is 32.1. The van der Waals surface area contributed by atoms with Crippen LogP contribution in [0, 0.1) is 11.8 Å². The number of anilines is 1. The number of rotatable bonds is 4. The van der Waals surface area contributed by atoms with E-state index in [-0.39, 0.29) is 5.91 Å². The van der Waals surface area contributed by atoms with Crippen LogP contribution in [0.15, 0.2) is 29.6 Å². The number of aromatic amines is 1. The van der Waals surface area contributed by atoms with Gasteiger partial charge in [-0.1, -0.05) is 32.0 Å². The van der Waals surface area contributed by atoms with Crippen LogP contribution in [0.5, 0.6) is 0 Å². The van der Waals surface area contributed by atoms with Gasteiger partial charge in [0.15, 0.2) is 10.8 Å². The van der Waals surface area contributed by atoms with Gasteiger partial charge in [0.05, 0.1) is 11.2 Å². The molecule has 6 nitrogen and oxygen atoms in total. The third-order valence-electron chi connectivity index (χ3n) is 4.79. The van der Waals surface area contributed by atoms with Crippen molar-refractivity contribution in [2.45, 2.75) is 26.8 Å². The van der Waals surface area contributed by atoms with Crippen molar-refractivity contribution in [2.24, 2.45) is 11.8 Å². The second kappa shape index (κ2) is 7.17. The fourth-order valence-corrected chi connectivity index (χ4v) is 4.58. The number of nitrogens with one attached hydrogen (secondary N) is 2. The molecule has 1 amide bonds. The van der Waals surface area contributed by atoms with E-state index in [2.05, 4.69) is 39.2 Å². The molecule has 2 N–H and O–H groups in total. The zero-order valence-corrected chi connectivity index (χ0v) is 15.8. The lowest BCUT2D eigenvalue weighted by Gasteiger charge is -2.34. The molecule has 7 heteroatoms. The summed E-state index contributed by atoms with van der Waals surface area (Å²) in [5.74, 6) is 1.22. The molecule has 0 spiro atoms. The van der Waals surface area contributed by atoms with Crippen LogP contribution >= 0.6 is 11.3 Å². The highest BCUT2D eigenvalue weighted by molar-refractivity contribution is 7.14. The molecule has 0 saturated carbocycles. The molecule has 1 fully saturated rings. The number of carbonyl (C=O) groups is 1. The van der Waals surface area contributed by atoms with E-state index in [1.165, 1.54) is 17.8 Å². The van der Waals surface area contributed by atoms with Crippen LogP contribution in [0.2, 0.25) is 0 Å². The maximum absolute atomic E-state index is 12.5. The number of benzene rings is 1. The molecule has 26 heavy (non-hydrogen) atoms. The van der Waals surface area contributed by atoms with Crippen LogP contribution in [-0.4, -0.2) is 39.1 Å². The molecule has 3 aromatic rings. The molecule has 136 valence electrons. The second-order valence-electron chi connectivity index (χ2n) is 7.36. The number of H-pyrrole nitrogens is 1. The first-order valence-corrected chi connectivity index (χ1v) is 9.87. The van der Waals surface area contributed by atoms with Crippen molar-refractivity contribution in [1.29, 1.82) is 0 Å². The van der Waals surface area contributed by atoms with Crippen molar-refractivity contribution < 1.29 is 4.79 Å². The first-order valence-electron chi connectivity index (χ1n) is 8.99. The van der Waals surface area contributed by atoms with Crippen molar-refractivity contribution in [3.8, 4) is 0 Å². The molecule has 3 heterocycles. The van der Waals surface area contributed by atoms with Crippen LogP contribution < -0.4 is 5.32 Å². The Bertz CT molecular complexity index is 907. The summed E-state index contributed by atoms with van der Waals surface area (Å²) in [7, 11) is 0. The highest BCUT2D eigenvalue weighted by Gasteiger charge is 2.22. The lowest BCUT2D eigenvalue weighted by atomic mass is 9.92. The fraction of sp³-hybridized carbons (Fsp3) is 0.421. The lowest BCUT2D eigenvalue weighted by molar-refractivity contribution is 0.102. The molecule has 2 atom stereocenters. The number of hydrogen-bond donors (Lipinski definition) is 2. The molecule has 1 aliphatic rings. The Morgan fingerprint density at radius 1 is 1.31 bits per heavy atom. The number of aromatic nitrogens is 3. The van der Waals surface area contributed by atoms with Gasteiger partial charge in [-0.05, 0) is 24.3 Å². The number of hydrogen-bond acceptors (Lipinski definition) is 5. The molecule has 1 aromatic carbocycles. The first-order chi connectivity index (χ1) is 12.6. The number of thiazole rings is 1. The quantitative estimate of drug-likeness (QED) is 0.734. The van der Waals surface area contributed by atoms with Crippen molar-refractivity contribution in [2.75, 3.05) is 18.4 Å². The minimum atomic E-state index is -0.233. The standard InChI is InChI=1S/C19H23N5OS/c1-12-7-13(2)9-24(8-12)10-14-11-26-19(20-14)21-18(25)17-15-5-3-4-6-16(15)22-23-17/h3-6,11-13H,7-10H2,1-2H3,(H,22,23)(H,20,21,25). The molecule has 4 rings (SSSR count). The Labute approximate surface area is 156 Å². The van der Waals surface area contributed by atoms with E-state index >= 15 is 0 Å². The molecular formula is C19H23N5OS. The van der Waals surface area contributed by atoms with Gasteiger partial charge in [-0.2, -0.15) is 5.10 Å². The van der Waals surface area contributed by atoms with E-state index in [0.29, 0.717) is 10.8 Å². The predicted molar refractivity (Wildman–Crippen MR) is 104 cm³/mol. The maximum Gasteiger partial charge on any atom is 0.278 e. The average Bonchev–Trinajstić information content (AvgIpc) is 3.20. The molecule has 0 aliphatic carbocycles. The lowest BCUT2D eigenvalue weighted by Crippen LogP contribution is -2.38. The first kappa shape index (κ1) is 17.2. The van der Waals surface area contributed by atoms with Gasteiger partial charge in [0.25, 0.3) is 5.91 Å². The number of fused-ring (bicyclic) bond motifs is 1. The van der Waals surface area contributed by atoms with E-state index in [4.69, 9.17) is 0 Å². The van der Waals surface area contributed by atoms with E-state index in [1.807, 2.05) is 29.6 Å². The fourth-order valence-electron chi connectivity index (χ4n) is 3.88. The Hall–Kier alpha value is -2.25. The molecule has 0 bridgehead atoms. The summed E-state index contributed by atoms with van der Waals surface area (Å²) in [6.07, 6.45) is 1.30. The van der Waals surface area contributed by atoms with Gasteiger partial charge in [0, 0.05) is 30.4 Å². The van der Waals surface area contributed by atoms with Crippen LogP contribution in [0.3, 0.4) is 0 Å². The SMILES string of the molecule is CC1CC(C)CN(Cc2csc(NC(=O)c3n[nH]c4ccccc34)n2)C1. The van der Waals surface area contributed by atoms with Gasteiger partial charge in [-0.3, -0.25) is 20.1 Å². The number of para-hydroxylation sites is 1. The Balaban J connectivity index is 1.42. The largest absolute Gasteiger partial charge is 0.297 e. The van der Waals surface area contributed by atoms with Crippen LogP contribution in [-0.2, 0) is 6.54 Å². The summed E-state index contributed by atoms with van der Waals surface area (Å²) in [6.45, 7) is 7.69. The second-order valence-corrected chi connectivity index (χ2v) is 8.21. The molecule has 1 aliphatic heterocycles. The molecule has 2 aromatic heterocycles. The third kappa shape index (κ3) is 3.64. The molecular weight excluding hydrogens is 346 g/mol. The number of piperidine rings is 1. The Morgan fingerprint density at radius 3 is 2.88 bits per heavy atom. The van der Waals surface area contributed by atoms with E-state index in [9.17, 15) is 4.79 Å². The number of nitrogens with zero attached hydrogens (tertiary/aromatic N) is 3. The number of carbonyl (C=O) groups excluding carboxylic acids is 1. The van der Waals surface area contributed by atoms with E-state index in [1.54, 1.807) is 0 Å². The van der Waals surface area contributed by atoms with Gasteiger partial charge < -0.3 is 0 Å². The Morgan fingerprint density at radius 2 is 2.08 bits per heavy atom. The van der Waals surface area contributed by atoms with Gasteiger partial charge in [0.2, 0.25) is 0 Å². The summed E-state index contributed by atoms with van der Waals surface area (Å²) >= 11 is 1.46. The number of amides is 1. The minimum Gasteiger partial charge on any atom is -0.297 e. The monoisotopic (exact) mass is 369 g/mol. The molecule has 1 saturated heterocycles. The normalized spacial score (nSPS) is 21.2.